The van der Waals surface area contributed by atoms with Crippen LogP contribution in [0, 0.1) is 11.7 Å². The van der Waals surface area contributed by atoms with Gasteiger partial charge in [0.2, 0.25) is 0 Å². The Kier molecular flexibility index (Phi) is 5.11. The van der Waals surface area contributed by atoms with Gasteiger partial charge in [-0.1, -0.05) is 24.3 Å². The summed E-state index contributed by atoms with van der Waals surface area (Å²) in [6, 6.07) is 12.1. The SMILES string of the molecule is O=C(O)Cc1ccc(-c2ccc(OCC3CCOC3)cc2)cc1F. The highest BCUT2D eigenvalue weighted by molar-refractivity contribution is 5.71. The van der Waals surface area contributed by atoms with E-state index in [-0.39, 0.29) is 12.0 Å². The molecule has 126 valence electrons. The third-order valence-corrected chi connectivity index (χ3v) is 4.09. The molecule has 4 nitrogen and oxygen atoms in total. The van der Waals surface area contributed by atoms with E-state index >= 15 is 0 Å². The van der Waals surface area contributed by atoms with E-state index in [0.29, 0.717) is 18.1 Å². The van der Waals surface area contributed by atoms with Gasteiger partial charge in [-0.3, -0.25) is 4.79 Å². The van der Waals surface area contributed by atoms with E-state index < -0.39 is 11.8 Å². The lowest BCUT2D eigenvalue weighted by Gasteiger charge is -2.11. The van der Waals surface area contributed by atoms with Crippen LogP contribution < -0.4 is 4.74 Å². The number of rotatable bonds is 6. The third kappa shape index (κ3) is 4.11. The molecule has 3 rings (SSSR count). The quantitative estimate of drug-likeness (QED) is 0.880. The number of ether oxygens (including phenoxy) is 2. The zero-order chi connectivity index (χ0) is 16.9. The van der Waals surface area contributed by atoms with Gasteiger partial charge in [0, 0.05) is 12.5 Å². The van der Waals surface area contributed by atoms with Crippen LogP contribution in [0.15, 0.2) is 42.5 Å². The summed E-state index contributed by atoms with van der Waals surface area (Å²) < 4.78 is 25.0. The molecule has 0 radical (unpaired) electrons. The average molecular weight is 330 g/mol. The van der Waals surface area contributed by atoms with Gasteiger partial charge in [0.25, 0.3) is 0 Å². The second-order valence-corrected chi connectivity index (χ2v) is 5.94. The number of hydrogen-bond donors (Lipinski definition) is 1. The van der Waals surface area contributed by atoms with Crippen molar-refractivity contribution in [3.05, 3.63) is 53.8 Å². The van der Waals surface area contributed by atoms with E-state index in [1.54, 1.807) is 6.07 Å². The molecule has 0 aliphatic carbocycles. The number of carboxylic acids is 1. The van der Waals surface area contributed by atoms with E-state index in [1.807, 2.05) is 24.3 Å². The predicted molar refractivity (Wildman–Crippen MR) is 87.6 cm³/mol. The Labute approximate surface area is 139 Å². The zero-order valence-electron chi connectivity index (χ0n) is 13.2. The first kappa shape index (κ1) is 16.5. The molecule has 0 spiro atoms. The molecule has 1 fully saturated rings. The van der Waals surface area contributed by atoms with Crippen molar-refractivity contribution in [2.75, 3.05) is 19.8 Å². The van der Waals surface area contributed by atoms with Crippen LogP contribution in [0.25, 0.3) is 11.1 Å². The van der Waals surface area contributed by atoms with Crippen LogP contribution in [0.1, 0.15) is 12.0 Å². The second-order valence-electron chi connectivity index (χ2n) is 5.94. The molecule has 1 N–H and O–H groups in total. The molecule has 1 aliphatic heterocycles. The first-order valence-corrected chi connectivity index (χ1v) is 7.93. The summed E-state index contributed by atoms with van der Waals surface area (Å²) in [6.07, 6.45) is 0.712. The molecule has 0 amide bonds. The number of benzene rings is 2. The lowest BCUT2D eigenvalue weighted by molar-refractivity contribution is -0.136. The lowest BCUT2D eigenvalue weighted by Crippen LogP contribution is -2.11. The van der Waals surface area contributed by atoms with Crippen molar-refractivity contribution in [2.45, 2.75) is 12.8 Å². The molecule has 5 heteroatoms. The summed E-state index contributed by atoms with van der Waals surface area (Å²) in [7, 11) is 0. The maximum Gasteiger partial charge on any atom is 0.307 e. The van der Waals surface area contributed by atoms with Gasteiger partial charge in [-0.25, -0.2) is 4.39 Å². The average Bonchev–Trinajstić information content (AvgIpc) is 3.08. The molecule has 1 unspecified atom stereocenters. The highest BCUT2D eigenvalue weighted by Crippen LogP contribution is 2.25. The molecular formula is C19H19FO4. The van der Waals surface area contributed by atoms with Gasteiger partial charge < -0.3 is 14.6 Å². The second kappa shape index (κ2) is 7.45. The van der Waals surface area contributed by atoms with Crippen LogP contribution in [0.3, 0.4) is 0 Å². The highest BCUT2D eigenvalue weighted by Gasteiger charge is 2.16. The molecule has 0 saturated carbocycles. The van der Waals surface area contributed by atoms with Crippen LogP contribution in [0.4, 0.5) is 4.39 Å². The Morgan fingerprint density at radius 3 is 2.58 bits per heavy atom. The fraction of sp³-hybridized carbons (Fsp3) is 0.316. The van der Waals surface area contributed by atoms with Crippen LogP contribution in [0.5, 0.6) is 5.75 Å². The molecule has 1 saturated heterocycles. The van der Waals surface area contributed by atoms with Gasteiger partial charge in [-0.05, 0) is 41.3 Å². The van der Waals surface area contributed by atoms with Gasteiger partial charge in [0.05, 0.1) is 19.6 Å². The van der Waals surface area contributed by atoms with Crippen LogP contribution in [0.2, 0.25) is 0 Å². The normalized spacial score (nSPS) is 17.0. The number of carboxylic acid groups (broad SMARTS) is 1. The molecular weight excluding hydrogens is 311 g/mol. The van der Waals surface area contributed by atoms with E-state index in [0.717, 1.165) is 30.9 Å². The van der Waals surface area contributed by atoms with Gasteiger partial charge in [0.1, 0.15) is 11.6 Å². The molecule has 0 aromatic heterocycles. The van der Waals surface area contributed by atoms with Crippen molar-refractivity contribution in [3.8, 4) is 16.9 Å². The van der Waals surface area contributed by atoms with Crippen LogP contribution in [-0.2, 0) is 16.0 Å². The maximum atomic E-state index is 14.0. The summed E-state index contributed by atoms with van der Waals surface area (Å²) in [5.74, 6) is -0.332. The monoisotopic (exact) mass is 330 g/mol. The van der Waals surface area contributed by atoms with E-state index in [1.165, 1.54) is 12.1 Å². The van der Waals surface area contributed by atoms with Crippen LogP contribution >= 0.6 is 0 Å². The Bertz CT molecular complexity index is 706. The Morgan fingerprint density at radius 2 is 1.96 bits per heavy atom. The first-order chi connectivity index (χ1) is 11.6. The molecule has 2 aromatic carbocycles. The summed E-state index contributed by atoms with van der Waals surface area (Å²) in [4.78, 5) is 10.7. The fourth-order valence-corrected chi connectivity index (χ4v) is 2.71. The summed E-state index contributed by atoms with van der Waals surface area (Å²) in [5, 5.41) is 8.75. The minimum absolute atomic E-state index is 0.185. The molecule has 1 aliphatic rings. The minimum atomic E-state index is -1.05. The standard InChI is InChI=1S/C19H19FO4/c20-18-9-15(1-2-16(18)10-19(21)22)14-3-5-17(6-4-14)24-12-13-7-8-23-11-13/h1-6,9,13H,7-8,10-12H2,(H,21,22). The van der Waals surface area contributed by atoms with Crippen molar-refractivity contribution >= 4 is 5.97 Å². The molecule has 2 aromatic rings. The van der Waals surface area contributed by atoms with Gasteiger partial charge in [-0.15, -0.1) is 0 Å². The van der Waals surface area contributed by atoms with Crippen molar-refractivity contribution in [1.82, 2.24) is 0 Å². The molecule has 24 heavy (non-hydrogen) atoms. The molecule has 1 heterocycles. The largest absolute Gasteiger partial charge is 0.493 e. The summed E-state index contributed by atoms with van der Waals surface area (Å²) in [6.45, 7) is 2.19. The highest BCUT2D eigenvalue weighted by atomic mass is 19.1. The van der Waals surface area contributed by atoms with Gasteiger partial charge in [0.15, 0.2) is 0 Å². The number of hydrogen-bond acceptors (Lipinski definition) is 3. The van der Waals surface area contributed by atoms with Crippen molar-refractivity contribution in [1.29, 1.82) is 0 Å². The topological polar surface area (TPSA) is 55.8 Å². The van der Waals surface area contributed by atoms with E-state index in [9.17, 15) is 9.18 Å². The van der Waals surface area contributed by atoms with Crippen molar-refractivity contribution < 1.29 is 23.8 Å². The zero-order valence-corrected chi connectivity index (χ0v) is 13.2. The van der Waals surface area contributed by atoms with Crippen molar-refractivity contribution in [2.24, 2.45) is 5.92 Å². The van der Waals surface area contributed by atoms with Gasteiger partial charge >= 0.3 is 5.97 Å². The van der Waals surface area contributed by atoms with E-state index in [4.69, 9.17) is 14.6 Å². The Hall–Kier alpha value is -2.40. The van der Waals surface area contributed by atoms with E-state index in [2.05, 4.69) is 0 Å². The Morgan fingerprint density at radius 1 is 1.21 bits per heavy atom. The maximum absolute atomic E-state index is 14.0. The van der Waals surface area contributed by atoms with Crippen molar-refractivity contribution in [3.63, 3.8) is 0 Å². The fourth-order valence-electron chi connectivity index (χ4n) is 2.71. The number of carbonyl (C=O) groups is 1. The number of aliphatic carboxylic acids is 1. The smallest absolute Gasteiger partial charge is 0.307 e. The first-order valence-electron chi connectivity index (χ1n) is 7.93. The molecule has 1 atom stereocenters. The minimum Gasteiger partial charge on any atom is -0.493 e. The van der Waals surface area contributed by atoms with Gasteiger partial charge in [-0.2, -0.15) is 0 Å². The summed E-state index contributed by atoms with van der Waals surface area (Å²) >= 11 is 0. The summed E-state index contributed by atoms with van der Waals surface area (Å²) in [5.41, 5.74) is 1.75. The predicted octanol–water partition coefficient (Wildman–Crippen LogP) is 3.54. The Balaban J connectivity index is 1.66. The van der Waals surface area contributed by atoms with Crippen LogP contribution in [-0.4, -0.2) is 30.9 Å². The third-order valence-electron chi connectivity index (χ3n) is 4.09. The lowest BCUT2D eigenvalue weighted by atomic mass is 10.0. The molecule has 0 bridgehead atoms. The number of halogens is 1.